The van der Waals surface area contributed by atoms with Crippen molar-refractivity contribution in [3.63, 3.8) is 0 Å². The van der Waals surface area contributed by atoms with Crippen LogP contribution in [0.25, 0.3) is 0 Å². The molecule has 0 radical (unpaired) electrons. The molecule has 10 heteroatoms. The molecule has 38 heavy (non-hydrogen) atoms. The molecular weight excluding hydrogens is 515 g/mol. The van der Waals surface area contributed by atoms with Gasteiger partial charge in [-0.1, -0.05) is 18.2 Å². The van der Waals surface area contributed by atoms with Crippen LogP contribution in [0.4, 0.5) is 4.39 Å². The Hall–Kier alpha value is -2.81. The molecule has 3 aliphatic carbocycles. The van der Waals surface area contributed by atoms with Gasteiger partial charge in [0.25, 0.3) is 5.91 Å². The molecule has 0 spiro atoms. The number of carbonyl (C=O) groups excluding carboxylic acids is 2. The van der Waals surface area contributed by atoms with Crippen molar-refractivity contribution in [3.05, 3.63) is 35.1 Å². The molecule has 208 valence electrons. The van der Waals surface area contributed by atoms with E-state index in [9.17, 15) is 23.9 Å². The lowest BCUT2D eigenvalue weighted by atomic mass is 9.75. The van der Waals surface area contributed by atoms with Gasteiger partial charge in [-0.3, -0.25) is 14.4 Å². The van der Waals surface area contributed by atoms with Gasteiger partial charge in [-0.2, -0.15) is 0 Å². The molecule has 4 rings (SSSR count). The van der Waals surface area contributed by atoms with Gasteiger partial charge in [0, 0.05) is 25.1 Å². The van der Waals surface area contributed by atoms with Gasteiger partial charge in [-0.05, 0) is 69.8 Å². The Morgan fingerprint density at radius 1 is 1.16 bits per heavy atom. The zero-order valence-electron chi connectivity index (χ0n) is 21.9. The molecule has 0 aromatic heterocycles. The Bertz CT molecular complexity index is 1100. The number of carboxylic acids is 1. The van der Waals surface area contributed by atoms with E-state index in [0.29, 0.717) is 31.4 Å². The molecule has 0 unspecified atom stereocenters. The average Bonchev–Trinajstić information content (AvgIpc) is 3.48. The summed E-state index contributed by atoms with van der Waals surface area (Å²) < 4.78 is 24.6. The molecule has 3 N–H and O–H groups in total. The van der Waals surface area contributed by atoms with E-state index in [1.807, 2.05) is 0 Å². The predicted molar refractivity (Wildman–Crippen MR) is 140 cm³/mol. The zero-order chi connectivity index (χ0) is 27.6. The van der Waals surface area contributed by atoms with Crippen molar-refractivity contribution in [2.75, 3.05) is 13.7 Å². The fourth-order valence-electron chi connectivity index (χ4n) is 6.26. The first-order chi connectivity index (χ1) is 18.0. The Labute approximate surface area is 227 Å². The molecule has 8 nitrogen and oxygen atoms in total. The second-order valence-electron chi connectivity index (χ2n) is 11.1. The van der Waals surface area contributed by atoms with E-state index in [1.54, 1.807) is 13.0 Å². The van der Waals surface area contributed by atoms with Crippen LogP contribution in [-0.4, -0.2) is 48.7 Å². The summed E-state index contributed by atoms with van der Waals surface area (Å²) in [6, 6.07) is 2.74. The van der Waals surface area contributed by atoms with Crippen LogP contribution in [0.1, 0.15) is 68.6 Å². The maximum Gasteiger partial charge on any atom is 0.309 e. The molecule has 2 bridgehead atoms. The molecule has 1 aromatic carbocycles. The van der Waals surface area contributed by atoms with Crippen LogP contribution < -0.4 is 20.1 Å². The van der Waals surface area contributed by atoms with E-state index in [0.717, 1.165) is 19.3 Å². The Morgan fingerprint density at radius 2 is 1.84 bits per heavy atom. The third-order valence-electron chi connectivity index (χ3n) is 8.56. The summed E-state index contributed by atoms with van der Waals surface area (Å²) in [5, 5.41) is 15.6. The van der Waals surface area contributed by atoms with Crippen molar-refractivity contribution in [3.8, 4) is 11.5 Å². The van der Waals surface area contributed by atoms with Crippen molar-refractivity contribution in [2.45, 2.75) is 70.4 Å². The van der Waals surface area contributed by atoms with Crippen LogP contribution in [0, 0.1) is 23.2 Å². The van der Waals surface area contributed by atoms with Gasteiger partial charge in [0.1, 0.15) is 11.5 Å². The normalized spacial score (nSPS) is 29.9. The van der Waals surface area contributed by atoms with Crippen LogP contribution in [0.15, 0.2) is 24.5 Å². The van der Waals surface area contributed by atoms with Gasteiger partial charge in [-0.15, -0.1) is 0 Å². The van der Waals surface area contributed by atoms with Gasteiger partial charge < -0.3 is 25.2 Å². The van der Waals surface area contributed by atoms with Crippen molar-refractivity contribution >= 4 is 29.4 Å². The minimum absolute atomic E-state index is 0.0604. The van der Waals surface area contributed by atoms with Crippen LogP contribution in [-0.2, 0) is 9.59 Å². The largest absolute Gasteiger partial charge is 0.496 e. The fraction of sp³-hybridized carbons (Fsp3) is 0.607. The number of hydrogen-bond donors (Lipinski definition) is 3. The Kier molecular flexibility index (Phi) is 8.55. The number of carboxylic acid groups (broad SMARTS) is 1. The first-order valence-electron chi connectivity index (χ1n) is 13.2. The summed E-state index contributed by atoms with van der Waals surface area (Å²) in [5.74, 6) is -1.27. The number of carbonyl (C=O) groups is 3. The van der Waals surface area contributed by atoms with Crippen LogP contribution in [0.5, 0.6) is 11.5 Å². The number of methoxy groups -OCH3 is 1. The lowest BCUT2D eigenvalue weighted by molar-refractivity contribution is -0.150. The summed E-state index contributed by atoms with van der Waals surface area (Å²) in [5.41, 5.74) is -0.522. The molecule has 0 aliphatic heterocycles. The van der Waals surface area contributed by atoms with E-state index in [2.05, 4.69) is 17.2 Å². The van der Waals surface area contributed by atoms with Crippen LogP contribution in [0.2, 0.25) is 5.02 Å². The van der Waals surface area contributed by atoms with Crippen LogP contribution in [0.3, 0.4) is 0 Å². The summed E-state index contributed by atoms with van der Waals surface area (Å²) in [7, 11) is 1.45. The van der Waals surface area contributed by atoms with Gasteiger partial charge >= 0.3 is 5.97 Å². The number of amides is 2. The lowest BCUT2D eigenvalue weighted by Crippen LogP contribution is -2.50. The highest BCUT2D eigenvalue weighted by molar-refractivity contribution is 6.32. The average molecular weight is 551 g/mol. The van der Waals surface area contributed by atoms with Gasteiger partial charge in [0.15, 0.2) is 0 Å². The molecule has 3 aliphatic rings. The first-order valence-corrected chi connectivity index (χ1v) is 13.6. The van der Waals surface area contributed by atoms with Crippen molar-refractivity contribution < 1.29 is 33.4 Å². The second kappa shape index (κ2) is 11.5. The topological polar surface area (TPSA) is 114 Å². The number of hydrogen-bond acceptors (Lipinski definition) is 5. The Balaban J connectivity index is 1.47. The third-order valence-corrected chi connectivity index (χ3v) is 8.85. The minimum atomic E-state index is -0.808. The number of ether oxygens (including phenoxy) is 2. The molecule has 1 aromatic rings. The van der Waals surface area contributed by atoms with E-state index >= 15 is 0 Å². The number of aliphatic carboxylic acids is 1. The third kappa shape index (κ3) is 5.92. The lowest BCUT2D eigenvalue weighted by Gasteiger charge is -2.34. The summed E-state index contributed by atoms with van der Waals surface area (Å²) >= 11 is 6.45. The monoisotopic (exact) mass is 550 g/mol. The predicted octanol–water partition coefficient (Wildman–Crippen LogP) is 4.89. The van der Waals surface area contributed by atoms with Gasteiger partial charge in [-0.25, -0.2) is 4.39 Å². The second-order valence-corrected chi connectivity index (χ2v) is 11.5. The highest BCUT2D eigenvalue weighted by atomic mass is 35.5. The fourth-order valence-corrected chi connectivity index (χ4v) is 6.45. The number of fused-ring (bicyclic) bond motifs is 2. The summed E-state index contributed by atoms with van der Waals surface area (Å²) in [6.07, 6.45) is 4.66. The zero-order valence-corrected chi connectivity index (χ0v) is 22.6. The highest BCUT2D eigenvalue weighted by Gasteiger charge is 2.51. The van der Waals surface area contributed by atoms with Crippen molar-refractivity contribution in [2.24, 2.45) is 23.2 Å². The standard InChI is InChI=1S/C28H36ClFN2O6/c1-15(30)8-11-31-26(34)23-16-4-5-17(12-16)24(23)32-25(33)19-13-22(20(29)14-21(19)37-3)38-18-6-9-28(2,10-7-18)27(35)36/h13-14,16-18,23-24H,1,4-12H2,2-3H3,(H,31,34)(H,32,33)(H,35,36)/t16-,17+,18-,23+,24-,28+/m1/s1. The number of rotatable bonds is 10. The number of halogens is 2. The van der Waals surface area contributed by atoms with Crippen molar-refractivity contribution in [1.82, 2.24) is 10.6 Å². The Morgan fingerprint density at radius 3 is 2.47 bits per heavy atom. The summed E-state index contributed by atoms with van der Waals surface area (Å²) in [4.78, 5) is 38.0. The maximum absolute atomic E-state index is 13.5. The van der Waals surface area contributed by atoms with Crippen LogP contribution >= 0.6 is 11.6 Å². The number of nitrogens with one attached hydrogen (secondary N) is 2. The number of benzene rings is 1. The van der Waals surface area contributed by atoms with Gasteiger partial charge in [0.05, 0.1) is 41.0 Å². The summed E-state index contributed by atoms with van der Waals surface area (Å²) in [6.45, 7) is 5.14. The minimum Gasteiger partial charge on any atom is -0.496 e. The first kappa shape index (κ1) is 28.2. The SMILES string of the molecule is C=C(F)CCNC(=O)[C@H]1[C@@H]2CC[C@@H](C2)[C@H]1NC(=O)c1cc(O[C@H]2CC[C@@](C)(C(=O)O)CC2)c(Cl)cc1OC. The van der Waals surface area contributed by atoms with Gasteiger partial charge in [0.2, 0.25) is 5.91 Å². The molecule has 4 atom stereocenters. The van der Waals surface area contributed by atoms with E-state index in [4.69, 9.17) is 21.1 Å². The molecule has 3 saturated carbocycles. The van der Waals surface area contributed by atoms with Crippen molar-refractivity contribution in [1.29, 1.82) is 0 Å². The van der Waals surface area contributed by atoms with E-state index in [-0.39, 0.29) is 65.1 Å². The molecule has 0 heterocycles. The quantitative estimate of drug-likeness (QED) is 0.382. The van der Waals surface area contributed by atoms with E-state index < -0.39 is 23.1 Å². The molecule has 2 amide bonds. The maximum atomic E-state index is 13.5. The highest BCUT2D eigenvalue weighted by Crippen LogP contribution is 2.49. The van der Waals surface area contributed by atoms with E-state index in [1.165, 1.54) is 13.2 Å². The smallest absolute Gasteiger partial charge is 0.309 e. The molecule has 0 saturated heterocycles. The molecular formula is C28H36ClFN2O6. The molecule has 3 fully saturated rings.